The number of thiophene rings is 1. The van der Waals surface area contributed by atoms with Crippen LogP contribution in [0.2, 0.25) is 0 Å². The molecule has 2 fully saturated rings. The highest BCUT2D eigenvalue weighted by atomic mass is 32.1. The maximum atomic E-state index is 14.2. The molecule has 3 aliphatic carbocycles. The average molecular weight is 652 g/mol. The second kappa shape index (κ2) is 11.5. The summed E-state index contributed by atoms with van der Waals surface area (Å²) in [5, 5.41) is 46.6. The number of primary amides is 1. The topological polar surface area (TPSA) is 171 Å². The van der Waals surface area contributed by atoms with E-state index in [0.29, 0.717) is 11.1 Å². The summed E-state index contributed by atoms with van der Waals surface area (Å²) in [4.78, 5) is 49.9. The number of aromatic hydroxyl groups is 1. The van der Waals surface area contributed by atoms with Gasteiger partial charge in [0.2, 0.25) is 5.78 Å². The van der Waals surface area contributed by atoms with Gasteiger partial charge < -0.3 is 36.0 Å². The van der Waals surface area contributed by atoms with E-state index < -0.39 is 58.0 Å². The van der Waals surface area contributed by atoms with E-state index >= 15 is 0 Å². The molecule has 1 saturated carbocycles. The quantitative estimate of drug-likeness (QED) is 0.287. The molecule has 4 unspecified atom stereocenters. The third-order valence-corrected chi connectivity index (χ3v) is 11.2. The molecule has 246 valence electrons. The minimum absolute atomic E-state index is 0.0434. The normalized spacial score (nSPS) is 27.2. The number of Topliss-reactive ketones (excluding diaryl/α,β-unsaturated/α-hetero) is 2. The van der Waals surface area contributed by atoms with E-state index in [1.54, 1.807) is 25.4 Å². The number of piperazine rings is 1. The van der Waals surface area contributed by atoms with Gasteiger partial charge in [-0.15, -0.1) is 11.3 Å². The summed E-state index contributed by atoms with van der Waals surface area (Å²) in [6, 6.07) is 4.75. The molecule has 12 nitrogen and oxygen atoms in total. The monoisotopic (exact) mass is 651 g/mol. The van der Waals surface area contributed by atoms with Gasteiger partial charge in [-0.1, -0.05) is 0 Å². The molecule has 0 spiro atoms. The minimum atomic E-state index is -2.67. The number of aliphatic hydroxyl groups is 3. The Morgan fingerprint density at radius 2 is 1.76 bits per heavy atom. The van der Waals surface area contributed by atoms with Gasteiger partial charge in [-0.2, -0.15) is 0 Å². The molecular formula is C33H41N5O7S. The SMILES string of the molecule is CN1CCN(Cc2ccc(-c3cc(N(C)C)c4c(c3O)C(O)=C3C(=O)C5(O)C(O)=C(C(N)=O)C(=O)C(N(C)C)C5CC3C4)s2)CC1. The third-order valence-electron chi connectivity index (χ3n) is 10.1. The fraction of sp³-hybridized carbons (Fsp3) is 0.485. The molecule has 2 heterocycles. The molecule has 1 aromatic carbocycles. The van der Waals surface area contributed by atoms with Crippen LogP contribution in [-0.2, 0) is 27.3 Å². The van der Waals surface area contributed by atoms with Crippen LogP contribution in [0.4, 0.5) is 5.69 Å². The number of likely N-dealkylation sites (N-methyl/N-ethyl adjacent to an activating group) is 2. The van der Waals surface area contributed by atoms with Crippen molar-refractivity contribution in [2.24, 2.45) is 17.6 Å². The second-order valence-electron chi connectivity index (χ2n) is 13.3. The Hall–Kier alpha value is -3.75. The lowest BCUT2D eigenvalue weighted by Gasteiger charge is -2.50. The summed E-state index contributed by atoms with van der Waals surface area (Å²) in [5.74, 6) is -6.59. The summed E-state index contributed by atoms with van der Waals surface area (Å²) in [7, 11) is 9.00. The molecule has 1 aromatic heterocycles. The van der Waals surface area contributed by atoms with Crippen LogP contribution in [-0.4, -0.2) is 126 Å². The Morgan fingerprint density at radius 3 is 2.37 bits per heavy atom. The van der Waals surface area contributed by atoms with Gasteiger partial charge in [-0.25, -0.2) is 0 Å². The van der Waals surface area contributed by atoms with Crippen molar-refractivity contribution in [3.63, 3.8) is 0 Å². The molecule has 13 heteroatoms. The lowest BCUT2D eigenvalue weighted by atomic mass is 9.57. The van der Waals surface area contributed by atoms with Gasteiger partial charge in [-0.3, -0.25) is 24.2 Å². The standard InChI is InChI=1S/C33H41N5O7S/c1-35(2)21-14-19(22-7-6-17(46-22)15-38-10-8-37(5)9-11-38)27(39)24-18(21)12-16-13-20-26(36(3)4)29(41)25(32(34)44)31(43)33(20,45)30(42)23(16)28(24)40/h6-7,14,16,20,26,39-40,43,45H,8-13,15H2,1-5H3,(H2,34,44). The smallest absolute Gasteiger partial charge is 0.255 e. The van der Waals surface area contributed by atoms with Gasteiger partial charge >= 0.3 is 0 Å². The van der Waals surface area contributed by atoms with Crippen molar-refractivity contribution in [2.45, 2.75) is 31.0 Å². The van der Waals surface area contributed by atoms with Crippen LogP contribution < -0.4 is 10.6 Å². The summed E-state index contributed by atoms with van der Waals surface area (Å²) < 4.78 is 0. The fourth-order valence-corrected chi connectivity index (χ4v) is 8.78. The molecule has 0 radical (unpaired) electrons. The molecule has 4 atom stereocenters. The van der Waals surface area contributed by atoms with Crippen molar-refractivity contribution in [1.82, 2.24) is 14.7 Å². The van der Waals surface area contributed by atoms with Gasteiger partial charge in [0.05, 0.1) is 11.6 Å². The van der Waals surface area contributed by atoms with Crippen LogP contribution in [0.1, 0.15) is 22.4 Å². The number of nitrogens with two attached hydrogens (primary N) is 1. The molecule has 6 N–H and O–H groups in total. The molecule has 1 aliphatic heterocycles. The predicted molar refractivity (Wildman–Crippen MR) is 175 cm³/mol. The number of hydrogen-bond acceptors (Lipinski definition) is 12. The minimum Gasteiger partial charge on any atom is -0.508 e. The maximum Gasteiger partial charge on any atom is 0.255 e. The van der Waals surface area contributed by atoms with Gasteiger partial charge in [0, 0.05) is 79.3 Å². The Morgan fingerprint density at radius 1 is 1.09 bits per heavy atom. The Balaban J connectivity index is 1.46. The van der Waals surface area contributed by atoms with Crippen molar-refractivity contribution >= 4 is 40.3 Å². The number of aliphatic hydroxyl groups excluding tert-OH is 2. The van der Waals surface area contributed by atoms with Crippen LogP contribution in [0.25, 0.3) is 16.2 Å². The van der Waals surface area contributed by atoms with E-state index in [9.17, 15) is 34.8 Å². The maximum absolute atomic E-state index is 14.2. The van der Waals surface area contributed by atoms with Crippen LogP contribution in [0.3, 0.4) is 0 Å². The summed E-state index contributed by atoms with van der Waals surface area (Å²) in [6.07, 6.45) is 0.275. The van der Waals surface area contributed by atoms with Crippen molar-refractivity contribution in [2.75, 3.05) is 66.3 Å². The number of fused-ring (bicyclic) bond motifs is 3. The molecule has 2 aromatic rings. The number of nitrogens with zero attached hydrogens (tertiary/aromatic N) is 4. The lowest BCUT2D eigenvalue weighted by molar-refractivity contribution is -0.153. The zero-order valence-corrected chi connectivity index (χ0v) is 27.5. The second-order valence-corrected chi connectivity index (χ2v) is 14.5. The van der Waals surface area contributed by atoms with E-state index in [-0.39, 0.29) is 29.7 Å². The molecular weight excluding hydrogens is 610 g/mol. The predicted octanol–water partition coefficient (Wildman–Crippen LogP) is 1.51. The number of benzene rings is 1. The average Bonchev–Trinajstić information content (AvgIpc) is 3.44. The first-order valence-corrected chi connectivity index (χ1v) is 16.2. The van der Waals surface area contributed by atoms with Gasteiger partial charge in [-0.05, 0) is 63.7 Å². The Bertz CT molecular complexity index is 1700. The van der Waals surface area contributed by atoms with Crippen molar-refractivity contribution in [3.05, 3.63) is 51.1 Å². The molecule has 46 heavy (non-hydrogen) atoms. The van der Waals surface area contributed by atoms with Crippen molar-refractivity contribution < 1.29 is 34.8 Å². The van der Waals surface area contributed by atoms with Gasteiger partial charge in [0.25, 0.3) is 5.91 Å². The summed E-state index contributed by atoms with van der Waals surface area (Å²) in [6.45, 7) is 4.73. The van der Waals surface area contributed by atoms with Crippen LogP contribution in [0.15, 0.2) is 35.1 Å². The zero-order valence-electron chi connectivity index (χ0n) is 26.7. The number of phenols is 1. The van der Waals surface area contributed by atoms with Crippen LogP contribution in [0, 0.1) is 11.8 Å². The number of anilines is 1. The molecule has 4 aliphatic rings. The summed E-state index contributed by atoms with van der Waals surface area (Å²) >= 11 is 1.55. The van der Waals surface area contributed by atoms with E-state index in [1.165, 1.54) is 4.90 Å². The zero-order chi connectivity index (χ0) is 33.4. The number of rotatable bonds is 6. The number of carbonyl (C=O) groups excluding carboxylic acids is 3. The van der Waals surface area contributed by atoms with Gasteiger partial charge in [0.15, 0.2) is 11.4 Å². The number of carbonyl (C=O) groups is 3. The first-order chi connectivity index (χ1) is 21.7. The van der Waals surface area contributed by atoms with Crippen molar-refractivity contribution in [1.29, 1.82) is 0 Å². The van der Waals surface area contributed by atoms with E-state index in [0.717, 1.165) is 48.2 Å². The fourth-order valence-electron chi connectivity index (χ4n) is 7.71. The highest BCUT2D eigenvalue weighted by molar-refractivity contribution is 7.15. The van der Waals surface area contributed by atoms with E-state index in [4.69, 9.17) is 5.73 Å². The highest BCUT2D eigenvalue weighted by Crippen LogP contribution is 2.55. The van der Waals surface area contributed by atoms with E-state index in [2.05, 4.69) is 16.8 Å². The molecule has 1 amide bonds. The largest absolute Gasteiger partial charge is 0.508 e. The van der Waals surface area contributed by atoms with Crippen LogP contribution >= 0.6 is 11.3 Å². The van der Waals surface area contributed by atoms with Crippen molar-refractivity contribution in [3.8, 4) is 16.2 Å². The molecule has 1 saturated heterocycles. The summed E-state index contributed by atoms with van der Waals surface area (Å²) in [5.41, 5.74) is 3.74. The Labute approximate surface area is 271 Å². The van der Waals surface area contributed by atoms with E-state index in [1.807, 2.05) is 37.2 Å². The highest BCUT2D eigenvalue weighted by Gasteiger charge is 2.64. The first kappa shape index (κ1) is 32.2. The Kier molecular flexibility index (Phi) is 8.05. The van der Waals surface area contributed by atoms with Crippen LogP contribution in [0.5, 0.6) is 5.75 Å². The third kappa shape index (κ3) is 4.83. The molecule has 6 rings (SSSR count). The number of phenolic OH excluding ortho intramolecular Hbond substituents is 1. The molecule has 0 bridgehead atoms. The number of amides is 1. The first-order valence-electron chi connectivity index (χ1n) is 15.4. The lowest BCUT2D eigenvalue weighted by Crippen LogP contribution is -2.65. The number of ketones is 2. The van der Waals surface area contributed by atoms with Gasteiger partial charge in [0.1, 0.15) is 22.8 Å². The number of hydrogen-bond donors (Lipinski definition) is 5.